The summed E-state index contributed by atoms with van der Waals surface area (Å²) in [6.07, 6.45) is 4.18. The third kappa shape index (κ3) is 4.55. The van der Waals surface area contributed by atoms with Crippen LogP contribution in [0.2, 0.25) is 5.02 Å². The van der Waals surface area contributed by atoms with Gasteiger partial charge in [-0.2, -0.15) is 0 Å². The molecule has 1 aliphatic carbocycles. The van der Waals surface area contributed by atoms with E-state index in [9.17, 15) is 19.5 Å². The Bertz CT molecular complexity index is 1250. The first-order valence-corrected chi connectivity index (χ1v) is 11.9. The number of para-hydroxylation sites is 1. The minimum atomic E-state index is -0.854. The van der Waals surface area contributed by atoms with Crippen LogP contribution in [0.1, 0.15) is 32.6 Å². The summed E-state index contributed by atoms with van der Waals surface area (Å²) < 4.78 is 5.66. The van der Waals surface area contributed by atoms with Crippen LogP contribution in [-0.4, -0.2) is 40.4 Å². The zero-order chi connectivity index (χ0) is 23.7. The molecular formula is C23H20Cl2N2O5S. The van der Waals surface area contributed by atoms with Gasteiger partial charge in [-0.05, 0) is 43.5 Å². The zero-order valence-corrected chi connectivity index (χ0v) is 20.0. The van der Waals surface area contributed by atoms with E-state index < -0.39 is 29.5 Å². The number of Topliss-reactive ketones (excluding diaryl/α,β-unsaturated/α-hetero) is 1. The second-order valence-corrected chi connectivity index (χ2v) is 9.41. The van der Waals surface area contributed by atoms with Gasteiger partial charge in [0, 0.05) is 11.5 Å². The molecule has 1 aliphatic heterocycles. The smallest absolute Gasteiger partial charge is 0.306 e. The number of carbonyl (C=O) groups excluding carboxylic acids is 3. The van der Waals surface area contributed by atoms with Crippen LogP contribution in [0.15, 0.2) is 52.3 Å². The third-order valence-electron chi connectivity index (χ3n) is 5.42. The maximum absolute atomic E-state index is 13.2. The number of anilines is 1. The van der Waals surface area contributed by atoms with Gasteiger partial charge < -0.3 is 9.84 Å². The van der Waals surface area contributed by atoms with Crippen molar-refractivity contribution in [1.29, 1.82) is 0 Å². The third-order valence-corrected chi connectivity index (χ3v) is 7.06. The van der Waals surface area contributed by atoms with Crippen LogP contribution in [0, 0.1) is 0 Å². The van der Waals surface area contributed by atoms with E-state index in [4.69, 9.17) is 27.9 Å². The average molecular weight is 507 g/mol. The first-order valence-electron chi connectivity index (χ1n) is 10.4. The summed E-state index contributed by atoms with van der Waals surface area (Å²) in [6, 6.07) is 4.46. The molecule has 2 heterocycles. The minimum Gasteiger partial charge on any atom is -0.503 e. The highest BCUT2D eigenvalue weighted by molar-refractivity contribution is 7.22. The molecule has 172 valence electrons. The molecule has 0 saturated heterocycles. The standard InChI is InChI=1S/C23H20Cl2N2O5S/c1-2-32-17(29)11-10-15(28)18-20(12-6-8-13(24)9-7-12)27(22(31)21(18)30)23-26-19-14(25)4-3-5-16(19)33-23/h3-6,8,20,30H,2,7,9-11H2,1H3. The highest BCUT2D eigenvalue weighted by Crippen LogP contribution is 2.42. The van der Waals surface area contributed by atoms with Gasteiger partial charge in [-0.15, -0.1) is 0 Å². The van der Waals surface area contributed by atoms with Crippen molar-refractivity contribution in [2.45, 2.75) is 38.6 Å². The Labute approximate surface area is 203 Å². The fourth-order valence-corrected chi connectivity index (χ4v) is 5.33. The number of halogens is 2. The number of benzene rings is 1. The van der Waals surface area contributed by atoms with E-state index in [1.165, 1.54) is 16.2 Å². The Hall–Kier alpha value is -2.68. The molecule has 0 bridgehead atoms. The van der Waals surface area contributed by atoms with E-state index in [0.29, 0.717) is 33.5 Å². The molecule has 33 heavy (non-hydrogen) atoms. The summed E-state index contributed by atoms with van der Waals surface area (Å²) in [5, 5.41) is 12.2. The van der Waals surface area contributed by atoms with E-state index in [1.54, 1.807) is 31.2 Å². The predicted molar refractivity (Wildman–Crippen MR) is 128 cm³/mol. The largest absolute Gasteiger partial charge is 0.503 e. The first kappa shape index (κ1) is 23.5. The molecular weight excluding hydrogens is 487 g/mol. The van der Waals surface area contributed by atoms with Crippen molar-refractivity contribution in [3.8, 4) is 0 Å². The van der Waals surface area contributed by atoms with Crippen molar-refractivity contribution in [3.05, 3.63) is 57.3 Å². The molecule has 4 rings (SSSR count). The molecule has 1 N–H and O–H groups in total. The van der Waals surface area contributed by atoms with Crippen LogP contribution in [-0.2, 0) is 19.1 Å². The summed E-state index contributed by atoms with van der Waals surface area (Å²) in [6.45, 7) is 1.88. The van der Waals surface area contributed by atoms with Crippen molar-refractivity contribution in [1.82, 2.24) is 4.98 Å². The Morgan fingerprint density at radius 3 is 2.70 bits per heavy atom. The number of aliphatic hydroxyl groups is 1. The van der Waals surface area contributed by atoms with Crippen LogP contribution in [0.5, 0.6) is 0 Å². The van der Waals surface area contributed by atoms with Crippen LogP contribution in [0.25, 0.3) is 10.2 Å². The summed E-state index contributed by atoms with van der Waals surface area (Å²) in [7, 11) is 0. The van der Waals surface area contributed by atoms with Gasteiger partial charge in [-0.3, -0.25) is 19.3 Å². The molecule has 0 spiro atoms. The lowest BCUT2D eigenvalue weighted by Gasteiger charge is -2.27. The number of nitrogens with zero attached hydrogens (tertiary/aromatic N) is 2. The number of hydrogen-bond donors (Lipinski definition) is 1. The number of ether oxygens (including phenoxy) is 1. The Morgan fingerprint density at radius 1 is 1.24 bits per heavy atom. The molecule has 1 atom stereocenters. The number of fused-ring (bicyclic) bond motifs is 1. The number of thiazole rings is 1. The van der Waals surface area contributed by atoms with Crippen LogP contribution in [0.3, 0.4) is 0 Å². The van der Waals surface area contributed by atoms with Crippen molar-refractivity contribution in [2.24, 2.45) is 0 Å². The molecule has 1 aromatic carbocycles. The quantitative estimate of drug-likeness (QED) is 0.516. The van der Waals surface area contributed by atoms with E-state index >= 15 is 0 Å². The number of rotatable bonds is 7. The topological polar surface area (TPSA) is 96.8 Å². The van der Waals surface area contributed by atoms with Crippen molar-refractivity contribution >= 4 is 67.5 Å². The number of carbonyl (C=O) groups is 3. The number of hydrogen-bond acceptors (Lipinski definition) is 7. The maximum Gasteiger partial charge on any atom is 0.306 e. The summed E-state index contributed by atoms with van der Waals surface area (Å²) in [5.41, 5.74) is 1.22. The molecule has 1 aromatic heterocycles. The SMILES string of the molecule is CCOC(=O)CCC(=O)C1=C(O)C(=O)N(c2nc3c(Cl)cccc3s2)C1C1=CC=C(Cl)CC1. The highest BCUT2D eigenvalue weighted by atomic mass is 35.5. The molecule has 1 amide bonds. The number of aromatic nitrogens is 1. The molecule has 0 radical (unpaired) electrons. The number of esters is 1. The molecule has 10 heteroatoms. The maximum atomic E-state index is 13.2. The lowest BCUT2D eigenvalue weighted by molar-refractivity contribution is -0.144. The molecule has 2 aromatic rings. The van der Waals surface area contributed by atoms with Gasteiger partial charge >= 0.3 is 5.97 Å². The van der Waals surface area contributed by atoms with E-state index in [2.05, 4.69) is 4.98 Å². The lowest BCUT2D eigenvalue weighted by Crippen LogP contribution is -2.38. The van der Waals surface area contributed by atoms with Gasteiger partial charge in [-0.25, -0.2) is 4.98 Å². The van der Waals surface area contributed by atoms with Crippen LogP contribution in [0.4, 0.5) is 5.13 Å². The molecule has 2 aliphatic rings. The van der Waals surface area contributed by atoms with Crippen molar-refractivity contribution in [3.63, 3.8) is 0 Å². The highest BCUT2D eigenvalue weighted by Gasteiger charge is 2.46. The van der Waals surface area contributed by atoms with Gasteiger partial charge in [0.05, 0.1) is 34.4 Å². The number of amides is 1. The zero-order valence-electron chi connectivity index (χ0n) is 17.6. The molecule has 0 saturated carbocycles. The van der Waals surface area contributed by atoms with Gasteiger partial charge in [0.1, 0.15) is 5.52 Å². The second kappa shape index (κ2) is 9.67. The monoisotopic (exact) mass is 506 g/mol. The summed E-state index contributed by atoms with van der Waals surface area (Å²) >= 11 is 13.6. The van der Waals surface area contributed by atoms with E-state index in [0.717, 1.165) is 10.3 Å². The number of aliphatic hydroxyl groups excluding tert-OH is 1. The van der Waals surface area contributed by atoms with Crippen molar-refractivity contribution < 1.29 is 24.2 Å². The summed E-state index contributed by atoms with van der Waals surface area (Å²) in [5.74, 6) is -2.38. The minimum absolute atomic E-state index is 0.0488. The predicted octanol–water partition coefficient (Wildman–Crippen LogP) is 5.23. The fraction of sp³-hybridized carbons (Fsp3) is 0.304. The second-order valence-electron chi connectivity index (χ2n) is 7.51. The van der Waals surface area contributed by atoms with Gasteiger partial charge in [-0.1, -0.05) is 46.7 Å². The Balaban J connectivity index is 1.75. The van der Waals surface area contributed by atoms with Crippen LogP contribution >= 0.6 is 34.5 Å². The fourth-order valence-electron chi connectivity index (χ4n) is 3.88. The Kier molecular flexibility index (Phi) is 6.88. The van der Waals surface area contributed by atoms with Gasteiger partial charge in [0.15, 0.2) is 16.7 Å². The number of allylic oxidation sites excluding steroid dienone is 3. The van der Waals surface area contributed by atoms with E-state index in [-0.39, 0.29) is 25.0 Å². The molecule has 7 nitrogen and oxygen atoms in total. The Morgan fingerprint density at radius 2 is 2.03 bits per heavy atom. The molecule has 1 unspecified atom stereocenters. The number of ketones is 1. The van der Waals surface area contributed by atoms with Gasteiger partial charge in [0.2, 0.25) is 0 Å². The van der Waals surface area contributed by atoms with Crippen molar-refractivity contribution in [2.75, 3.05) is 11.5 Å². The van der Waals surface area contributed by atoms with Crippen LogP contribution < -0.4 is 4.90 Å². The lowest BCUT2D eigenvalue weighted by atomic mass is 9.89. The van der Waals surface area contributed by atoms with Gasteiger partial charge in [0.25, 0.3) is 5.91 Å². The van der Waals surface area contributed by atoms with E-state index in [1.807, 2.05) is 6.07 Å². The first-order chi connectivity index (χ1) is 15.8. The normalized spacial score (nSPS) is 18.6. The average Bonchev–Trinajstić information content (AvgIpc) is 3.33. The summed E-state index contributed by atoms with van der Waals surface area (Å²) in [4.78, 5) is 43.9. The molecule has 0 fully saturated rings.